The van der Waals surface area contributed by atoms with Gasteiger partial charge in [-0.25, -0.2) is 0 Å². The summed E-state index contributed by atoms with van der Waals surface area (Å²) >= 11 is 0. The van der Waals surface area contributed by atoms with Gasteiger partial charge in [0.15, 0.2) is 16.6 Å². The largest absolute Gasteiger partial charge is 0.414 e. The van der Waals surface area contributed by atoms with Gasteiger partial charge in [-0.3, -0.25) is 0 Å². The Kier molecular flexibility index (Phi) is 12.8. The molecule has 6 nitrogen and oxygen atoms in total. The van der Waals surface area contributed by atoms with Crippen molar-refractivity contribution in [3.63, 3.8) is 0 Å². The quantitative estimate of drug-likeness (QED) is 0.251. The molecule has 0 aromatic heterocycles. The van der Waals surface area contributed by atoms with Crippen molar-refractivity contribution in [3.05, 3.63) is 25.3 Å². The molecular weight excluding hydrogens is 440 g/mol. The standard InChI is InChI=1S/C24H50O6Si2/c1-13-15-27-21(19(25)17-29-31(9,10)23(3,4)5)22(28-16-14-2)20(26)18-30-32(11,12)24(6,7)8/h13-14,19-22,25-26H,1-2,15-18H2,3-12H3/t19-,20-,21-,22-/m1/s1. The van der Waals surface area contributed by atoms with Gasteiger partial charge in [-0.1, -0.05) is 53.7 Å². The van der Waals surface area contributed by atoms with E-state index in [0.29, 0.717) is 0 Å². The first kappa shape index (κ1) is 31.7. The van der Waals surface area contributed by atoms with Crippen LogP contribution in [0.15, 0.2) is 25.3 Å². The van der Waals surface area contributed by atoms with Crippen LogP contribution in [0.2, 0.25) is 36.3 Å². The van der Waals surface area contributed by atoms with Crippen LogP contribution in [0, 0.1) is 0 Å². The van der Waals surface area contributed by atoms with Gasteiger partial charge in [-0.15, -0.1) is 13.2 Å². The van der Waals surface area contributed by atoms with Gasteiger partial charge in [-0.05, 0) is 36.3 Å². The van der Waals surface area contributed by atoms with Gasteiger partial charge in [0.25, 0.3) is 0 Å². The summed E-state index contributed by atoms with van der Waals surface area (Å²) in [6.07, 6.45) is -0.371. The van der Waals surface area contributed by atoms with Crippen LogP contribution in [0.4, 0.5) is 0 Å². The average molecular weight is 491 g/mol. The molecule has 8 heteroatoms. The van der Waals surface area contributed by atoms with Gasteiger partial charge >= 0.3 is 0 Å². The van der Waals surface area contributed by atoms with Crippen molar-refractivity contribution >= 4 is 16.6 Å². The van der Waals surface area contributed by atoms with Crippen LogP contribution in [0.25, 0.3) is 0 Å². The van der Waals surface area contributed by atoms with Crippen molar-refractivity contribution in [1.82, 2.24) is 0 Å². The molecule has 0 saturated heterocycles. The summed E-state index contributed by atoms with van der Waals surface area (Å²) in [5.41, 5.74) is 0. The van der Waals surface area contributed by atoms with E-state index in [4.69, 9.17) is 18.3 Å². The molecule has 0 spiro atoms. The molecule has 0 unspecified atom stereocenters. The van der Waals surface area contributed by atoms with Gasteiger partial charge in [0, 0.05) is 0 Å². The van der Waals surface area contributed by atoms with Crippen molar-refractivity contribution in [1.29, 1.82) is 0 Å². The van der Waals surface area contributed by atoms with Gasteiger partial charge in [0.05, 0.1) is 26.4 Å². The van der Waals surface area contributed by atoms with E-state index in [1.807, 2.05) is 0 Å². The SMILES string of the molecule is C=CCO[C@@H]([C@H](OCC=C)[C@H](O)CO[Si](C)(C)C(C)(C)C)[C@H](O)CO[Si](C)(C)C(C)(C)C. The Morgan fingerprint density at radius 3 is 1.19 bits per heavy atom. The zero-order chi connectivity index (χ0) is 25.4. The highest BCUT2D eigenvalue weighted by molar-refractivity contribution is 6.74. The summed E-state index contributed by atoms with van der Waals surface area (Å²) in [7, 11) is -4.14. The van der Waals surface area contributed by atoms with E-state index in [1.54, 1.807) is 12.2 Å². The predicted octanol–water partition coefficient (Wildman–Crippen LogP) is 4.89. The monoisotopic (exact) mass is 490 g/mol. The third-order valence-corrected chi connectivity index (χ3v) is 15.7. The maximum Gasteiger partial charge on any atom is 0.192 e. The first-order valence-electron chi connectivity index (χ1n) is 11.5. The Bertz CT molecular complexity index is 516. The normalized spacial score (nSPS) is 17.5. The van der Waals surface area contributed by atoms with Crippen molar-refractivity contribution in [2.45, 2.75) is 102 Å². The summed E-state index contributed by atoms with van der Waals surface area (Å²) in [4.78, 5) is 0. The number of ether oxygens (including phenoxy) is 2. The van der Waals surface area contributed by atoms with E-state index in [9.17, 15) is 10.2 Å². The molecule has 0 saturated carbocycles. The lowest BCUT2D eigenvalue weighted by atomic mass is 10.0. The van der Waals surface area contributed by atoms with E-state index in [1.165, 1.54) is 0 Å². The third kappa shape index (κ3) is 9.89. The van der Waals surface area contributed by atoms with Crippen molar-refractivity contribution in [2.75, 3.05) is 26.4 Å². The average Bonchev–Trinajstić information content (AvgIpc) is 2.65. The molecule has 0 aromatic carbocycles. The Balaban J connectivity index is 5.58. The summed E-state index contributed by atoms with van der Waals surface area (Å²) in [5, 5.41) is 22.1. The van der Waals surface area contributed by atoms with Gasteiger partial charge in [0.2, 0.25) is 0 Å². The van der Waals surface area contributed by atoms with Gasteiger partial charge in [0.1, 0.15) is 24.4 Å². The first-order chi connectivity index (χ1) is 14.4. The fourth-order valence-corrected chi connectivity index (χ4v) is 4.46. The molecule has 0 rings (SSSR count). The fourth-order valence-electron chi connectivity index (χ4n) is 2.42. The van der Waals surface area contributed by atoms with Crippen molar-refractivity contribution in [3.8, 4) is 0 Å². The van der Waals surface area contributed by atoms with Gasteiger partial charge < -0.3 is 28.5 Å². The second kappa shape index (κ2) is 12.9. The van der Waals surface area contributed by atoms with Crippen molar-refractivity contribution in [2.24, 2.45) is 0 Å². The number of rotatable bonds is 15. The second-order valence-electron chi connectivity index (χ2n) is 11.5. The Morgan fingerprint density at radius 2 is 0.969 bits per heavy atom. The highest BCUT2D eigenvalue weighted by Crippen LogP contribution is 2.37. The lowest BCUT2D eigenvalue weighted by Crippen LogP contribution is -2.53. The molecule has 0 aliphatic rings. The maximum absolute atomic E-state index is 11.0. The molecule has 32 heavy (non-hydrogen) atoms. The molecule has 0 radical (unpaired) electrons. The summed E-state index contributed by atoms with van der Waals surface area (Å²) in [6, 6.07) is 0. The van der Waals surface area contributed by atoms with E-state index < -0.39 is 41.1 Å². The topological polar surface area (TPSA) is 77.4 Å². The Labute approximate surface area is 199 Å². The summed E-state index contributed by atoms with van der Waals surface area (Å²) < 4.78 is 24.2. The van der Waals surface area contributed by atoms with Crippen LogP contribution in [0.5, 0.6) is 0 Å². The molecule has 0 aromatic rings. The van der Waals surface area contributed by atoms with E-state index in [2.05, 4.69) is 80.9 Å². The summed E-state index contributed by atoms with van der Waals surface area (Å²) in [6.45, 7) is 29.4. The van der Waals surface area contributed by atoms with Crippen LogP contribution in [0.3, 0.4) is 0 Å². The van der Waals surface area contributed by atoms with Crippen LogP contribution in [0.1, 0.15) is 41.5 Å². The first-order valence-corrected chi connectivity index (χ1v) is 17.3. The Hall–Kier alpha value is -0.326. The molecule has 4 atom stereocenters. The molecule has 0 bridgehead atoms. The lowest BCUT2D eigenvalue weighted by Gasteiger charge is -2.40. The highest BCUT2D eigenvalue weighted by atomic mass is 28.4. The molecule has 190 valence electrons. The minimum Gasteiger partial charge on any atom is -0.414 e. The molecule has 0 heterocycles. The Morgan fingerprint density at radius 1 is 0.688 bits per heavy atom. The molecular formula is C24H50O6Si2. The number of aliphatic hydroxyl groups excluding tert-OH is 2. The van der Waals surface area contributed by atoms with Crippen LogP contribution >= 0.6 is 0 Å². The van der Waals surface area contributed by atoms with Gasteiger partial charge in [-0.2, -0.15) is 0 Å². The third-order valence-electron chi connectivity index (χ3n) is 6.74. The van der Waals surface area contributed by atoms with Crippen LogP contribution in [-0.4, -0.2) is 77.7 Å². The fraction of sp³-hybridized carbons (Fsp3) is 0.833. The predicted molar refractivity (Wildman–Crippen MR) is 138 cm³/mol. The maximum atomic E-state index is 11.0. The molecule has 0 amide bonds. The van der Waals surface area contributed by atoms with Crippen molar-refractivity contribution < 1.29 is 28.5 Å². The number of hydrogen-bond donors (Lipinski definition) is 2. The van der Waals surface area contributed by atoms with E-state index >= 15 is 0 Å². The molecule has 0 aliphatic carbocycles. The lowest BCUT2D eigenvalue weighted by molar-refractivity contribution is -0.159. The molecule has 0 fully saturated rings. The zero-order valence-electron chi connectivity index (χ0n) is 22.2. The van der Waals surface area contributed by atoms with E-state index in [-0.39, 0.29) is 36.5 Å². The number of aliphatic hydroxyl groups is 2. The summed E-state index contributed by atoms with van der Waals surface area (Å²) in [5.74, 6) is 0. The van der Waals surface area contributed by atoms with Crippen LogP contribution in [-0.2, 0) is 18.3 Å². The minimum atomic E-state index is -2.07. The smallest absolute Gasteiger partial charge is 0.192 e. The molecule has 0 aliphatic heterocycles. The van der Waals surface area contributed by atoms with E-state index in [0.717, 1.165) is 0 Å². The number of hydrogen-bond acceptors (Lipinski definition) is 6. The zero-order valence-corrected chi connectivity index (χ0v) is 24.2. The highest BCUT2D eigenvalue weighted by Gasteiger charge is 2.42. The molecule has 2 N–H and O–H groups in total. The minimum absolute atomic E-state index is 0.0133. The van der Waals surface area contributed by atoms with Crippen LogP contribution < -0.4 is 0 Å². The second-order valence-corrected chi connectivity index (χ2v) is 21.1.